The van der Waals surface area contributed by atoms with Crippen LogP contribution in [0.3, 0.4) is 0 Å². The fourth-order valence-corrected chi connectivity index (χ4v) is 2.35. The summed E-state index contributed by atoms with van der Waals surface area (Å²) >= 11 is 1.69. The van der Waals surface area contributed by atoms with Gasteiger partial charge in [-0.15, -0.1) is 11.3 Å². The molecule has 0 aliphatic carbocycles. The molecule has 1 aromatic rings. The SMILES string of the molecule is CCCc1csc(N)c1CCC. The van der Waals surface area contributed by atoms with Crippen molar-refractivity contribution in [2.75, 3.05) is 5.73 Å². The van der Waals surface area contributed by atoms with E-state index in [-0.39, 0.29) is 0 Å². The minimum Gasteiger partial charge on any atom is -0.390 e. The average molecular weight is 183 g/mol. The predicted octanol–water partition coefficient (Wildman–Crippen LogP) is 3.24. The van der Waals surface area contributed by atoms with E-state index in [0.717, 1.165) is 11.4 Å². The number of nitrogens with two attached hydrogens (primary N) is 1. The van der Waals surface area contributed by atoms with Crippen molar-refractivity contribution in [1.82, 2.24) is 0 Å². The molecule has 68 valence electrons. The van der Waals surface area contributed by atoms with Crippen LogP contribution < -0.4 is 5.73 Å². The van der Waals surface area contributed by atoms with Gasteiger partial charge in [0.05, 0.1) is 5.00 Å². The number of rotatable bonds is 4. The van der Waals surface area contributed by atoms with E-state index in [1.807, 2.05) is 0 Å². The Bertz CT molecular complexity index is 240. The van der Waals surface area contributed by atoms with Gasteiger partial charge in [-0.25, -0.2) is 0 Å². The molecule has 2 heteroatoms. The van der Waals surface area contributed by atoms with Gasteiger partial charge in [-0.2, -0.15) is 0 Å². The Hall–Kier alpha value is -0.500. The van der Waals surface area contributed by atoms with Gasteiger partial charge in [0.2, 0.25) is 0 Å². The van der Waals surface area contributed by atoms with Crippen LogP contribution in [0.1, 0.15) is 37.8 Å². The lowest BCUT2D eigenvalue weighted by Crippen LogP contribution is -1.93. The number of hydrogen-bond donors (Lipinski definition) is 1. The Kier molecular flexibility index (Phi) is 3.60. The molecule has 0 aliphatic heterocycles. The summed E-state index contributed by atoms with van der Waals surface area (Å²) < 4.78 is 0. The van der Waals surface area contributed by atoms with Crippen molar-refractivity contribution in [3.05, 3.63) is 16.5 Å². The van der Waals surface area contributed by atoms with Crippen molar-refractivity contribution >= 4 is 16.3 Å². The zero-order valence-electron chi connectivity index (χ0n) is 7.89. The van der Waals surface area contributed by atoms with Crippen molar-refractivity contribution in [2.45, 2.75) is 39.5 Å². The lowest BCUT2D eigenvalue weighted by Gasteiger charge is -2.01. The maximum atomic E-state index is 5.88. The fraction of sp³-hybridized carbons (Fsp3) is 0.600. The molecule has 0 fully saturated rings. The summed E-state index contributed by atoms with van der Waals surface area (Å²) in [6.45, 7) is 4.41. The van der Waals surface area contributed by atoms with Gasteiger partial charge in [-0.05, 0) is 29.3 Å². The van der Waals surface area contributed by atoms with Crippen molar-refractivity contribution in [2.24, 2.45) is 0 Å². The minimum atomic E-state index is 1.03. The largest absolute Gasteiger partial charge is 0.390 e. The molecule has 0 unspecified atom stereocenters. The van der Waals surface area contributed by atoms with Crippen LogP contribution in [-0.2, 0) is 12.8 Å². The molecule has 0 bridgehead atoms. The summed E-state index contributed by atoms with van der Waals surface area (Å²) in [7, 11) is 0. The maximum absolute atomic E-state index is 5.88. The molecule has 0 atom stereocenters. The van der Waals surface area contributed by atoms with Crippen LogP contribution in [0.25, 0.3) is 0 Å². The highest BCUT2D eigenvalue weighted by Crippen LogP contribution is 2.27. The summed E-state index contributed by atoms with van der Waals surface area (Å²) in [6, 6.07) is 0. The third kappa shape index (κ3) is 2.01. The summed E-state index contributed by atoms with van der Waals surface area (Å²) in [4.78, 5) is 0. The standard InChI is InChI=1S/C10H17NS/c1-3-5-8-7-12-10(11)9(8)6-4-2/h7H,3-6,11H2,1-2H3. The topological polar surface area (TPSA) is 26.0 Å². The van der Waals surface area contributed by atoms with Crippen LogP contribution in [0.2, 0.25) is 0 Å². The molecule has 1 heterocycles. The molecule has 1 aromatic heterocycles. The third-order valence-electron chi connectivity index (χ3n) is 2.03. The van der Waals surface area contributed by atoms with E-state index in [0.29, 0.717) is 0 Å². The molecule has 0 amide bonds. The Morgan fingerprint density at radius 2 is 1.92 bits per heavy atom. The molecule has 0 aromatic carbocycles. The minimum absolute atomic E-state index is 1.03. The van der Waals surface area contributed by atoms with E-state index in [9.17, 15) is 0 Å². The number of nitrogen functional groups attached to an aromatic ring is 1. The monoisotopic (exact) mass is 183 g/mol. The number of thiophene rings is 1. The molecule has 12 heavy (non-hydrogen) atoms. The summed E-state index contributed by atoms with van der Waals surface area (Å²) in [5.41, 5.74) is 8.76. The van der Waals surface area contributed by atoms with E-state index >= 15 is 0 Å². The summed E-state index contributed by atoms with van der Waals surface area (Å²) in [5, 5.41) is 3.24. The molecule has 0 saturated carbocycles. The van der Waals surface area contributed by atoms with Gasteiger partial charge in [0, 0.05) is 0 Å². The molecule has 2 N–H and O–H groups in total. The van der Waals surface area contributed by atoms with Crippen LogP contribution in [0.4, 0.5) is 5.00 Å². The van der Waals surface area contributed by atoms with Crippen molar-refractivity contribution in [1.29, 1.82) is 0 Å². The molecule has 0 radical (unpaired) electrons. The predicted molar refractivity (Wildman–Crippen MR) is 56.7 cm³/mol. The van der Waals surface area contributed by atoms with E-state index in [2.05, 4.69) is 19.2 Å². The van der Waals surface area contributed by atoms with Crippen LogP contribution in [-0.4, -0.2) is 0 Å². The first kappa shape index (κ1) is 9.59. The molecular formula is C10H17NS. The lowest BCUT2D eigenvalue weighted by molar-refractivity contribution is 0.870. The van der Waals surface area contributed by atoms with E-state index in [4.69, 9.17) is 5.73 Å². The maximum Gasteiger partial charge on any atom is 0.0891 e. The van der Waals surface area contributed by atoms with Gasteiger partial charge >= 0.3 is 0 Å². The number of anilines is 1. The number of aryl methyl sites for hydroxylation is 1. The molecule has 1 rings (SSSR count). The first-order chi connectivity index (χ1) is 5.79. The Balaban J connectivity index is 2.80. The van der Waals surface area contributed by atoms with E-state index in [1.54, 1.807) is 11.3 Å². The second kappa shape index (κ2) is 4.51. The van der Waals surface area contributed by atoms with Crippen LogP contribution in [0.15, 0.2) is 5.38 Å². The molecule has 0 aliphatic rings. The molecule has 0 spiro atoms. The second-order valence-electron chi connectivity index (χ2n) is 3.10. The average Bonchev–Trinajstić information content (AvgIpc) is 2.37. The highest BCUT2D eigenvalue weighted by molar-refractivity contribution is 7.14. The summed E-state index contributed by atoms with van der Waals surface area (Å²) in [6.07, 6.45) is 4.73. The van der Waals surface area contributed by atoms with Gasteiger partial charge < -0.3 is 5.73 Å². The molecule has 1 nitrogen and oxygen atoms in total. The van der Waals surface area contributed by atoms with Crippen molar-refractivity contribution in [3.8, 4) is 0 Å². The Morgan fingerprint density at radius 3 is 2.50 bits per heavy atom. The smallest absolute Gasteiger partial charge is 0.0891 e. The second-order valence-corrected chi connectivity index (χ2v) is 4.01. The van der Waals surface area contributed by atoms with Gasteiger partial charge in [-0.3, -0.25) is 0 Å². The van der Waals surface area contributed by atoms with E-state index in [1.165, 1.54) is 30.4 Å². The molecule has 0 saturated heterocycles. The third-order valence-corrected chi connectivity index (χ3v) is 2.94. The van der Waals surface area contributed by atoms with Crippen molar-refractivity contribution in [3.63, 3.8) is 0 Å². The molecular weight excluding hydrogens is 166 g/mol. The van der Waals surface area contributed by atoms with Gasteiger partial charge in [0.15, 0.2) is 0 Å². The lowest BCUT2D eigenvalue weighted by atomic mass is 10.0. The quantitative estimate of drug-likeness (QED) is 0.762. The number of hydrogen-bond acceptors (Lipinski definition) is 2. The first-order valence-corrected chi connectivity index (χ1v) is 5.52. The highest BCUT2D eigenvalue weighted by atomic mass is 32.1. The van der Waals surface area contributed by atoms with Crippen LogP contribution in [0, 0.1) is 0 Å². The van der Waals surface area contributed by atoms with Crippen LogP contribution >= 0.6 is 11.3 Å². The first-order valence-electron chi connectivity index (χ1n) is 4.64. The fourth-order valence-electron chi connectivity index (χ4n) is 1.45. The van der Waals surface area contributed by atoms with Gasteiger partial charge in [0.1, 0.15) is 0 Å². The van der Waals surface area contributed by atoms with E-state index < -0.39 is 0 Å². The van der Waals surface area contributed by atoms with Gasteiger partial charge in [-0.1, -0.05) is 26.7 Å². The Morgan fingerprint density at radius 1 is 1.25 bits per heavy atom. The van der Waals surface area contributed by atoms with Crippen molar-refractivity contribution < 1.29 is 0 Å². The Labute approximate surface area is 78.6 Å². The zero-order chi connectivity index (χ0) is 8.97. The summed E-state index contributed by atoms with van der Waals surface area (Å²) in [5.74, 6) is 0. The normalized spacial score (nSPS) is 10.5. The van der Waals surface area contributed by atoms with Crippen LogP contribution in [0.5, 0.6) is 0 Å². The van der Waals surface area contributed by atoms with Gasteiger partial charge in [0.25, 0.3) is 0 Å². The zero-order valence-corrected chi connectivity index (χ0v) is 8.71. The highest BCUT2D eigenvalue weighted by Gasteiger charge is 2.06.